The lowest BCUT2D eigenvalue weighted by Gasteiger charge is -2.12. The SMILES string of the molecule is C=CCCNc1ccc(S(=O)(=O)N(C)C)cc1. The van der Waals surface area contributed by atoms with E-state index in [-0.39, 0.29) is 0 Å². The van der Waals surface area contributed by atoms with E-state index in [4.69, 9.17) is 0 Å². The highest BCUT2D eigenvalue weighted by Crippen LogP contribution is 2.16. The van der Waals surface area contributed by atoms with Crippen molar-refractivity contribution in [2.24, 2.45) is 0 Å². The molecule has 17 heavy (non-hydrogen) atoms. The molecule has 4 nitrogen and oxygen atoms in total. The van der Waals surface area contributed by atoms with Crippen LogP contribution in [0.15, 0.2) is 41.8 Å². The van der Waals surface area contributed by atoms with Crippen molar-refractivity contribution >= 4 is 15.7 Å². The van der Waals surface area contributed by atoms with Crippen molar-refractivity contribution in [3.8, 4) is 0 Å². The van der Waals surface area contributed by atoms with Crippen molar-refractivity contribution < 1.29 is 8.42 Å². The lowest BCUT2D eigenvalue weighted by atomic mass is 10.3. The molecule has 0 aliphatic heterocycles. The van der Waals surface area contributed by atoms with E-state index in [0.29, 0.717) is 4.90 Å². The van der Waals surface area contributed by atoms with Crippen molar-refractivity contribution in [3.63, 3.8) is 0 Å². The fraction of sp³-hybridized carbons (Fsp3) is 0.333. The molecule has 0 aromatic heterocycles. The maximum absolute atomic E-state index is 11.8. The van der Waals surface area contributed by atoms with Gasteiger partial charge >= 0.3 is 0 Å². The van der Waals surface area contributed by atoms with E-state index in [1.54, 1.807) is 24.3 Å². The third-order valence-corrected chi connectivity index (χ3v) is 4.14. The first-order chi connectivity index (χ1) is 7.98. The van der Waals surface area contributed by atoms with Crippen LogP contribution in [0.5, 0.6) is 0 Å². The summed E-state index contributed by atoms with van der Waals surface area (Å²) in [7, 11) is -0.291. The van der Waals surface area contributed by atoms with Gasteiger partial charge in [0, 0.05) is 26.3 Å². The molecular formula is C12H18N2O2S. The van der Waals surface area contributed by atoms with Gasteiger partial charge in [0.2, 0.25) is 10.0 Å². The topological polar surface area (TPSA) is 49.4 Å². The van der Waals surface area contributed by atoms with Crippen LogP contribution in [0, 0.1) is 0 Å². The summed E-state index contributed by atoms with van der Waals surface area (Å²) >= 11 is 0. The number of hydrogen-bond acceptors (Lipinski definition) is 3. The molecule has 1 aromatic carbocycles. The summed E-state index contributed by atoms with van der Waals surface area (Å²) in [5.74, 6) is 0. The quantitative estimate of drug-likeness (QED) is 0.623. The molecule has 0 heterocycles. The van der Waals surface area contributed by atoms with Crippen molar-refractivity contribution in [2.75, 3.05) is 26.0 Å². The molecule has 0 saturated heterocycles. The molecular weight excluding hydrogens is 236 g/mol. The number of anilines is 1. The Morgan fingerprint density at radius 3 is 2.35 bits per heavy atom. The molecule has 0 bridgehead atoms. The lowest BCUT2D eigenvalue weighted by molar-refractivity contribution is 0.521. The van der Waals surface area contributed by atoms with E-state index in [0.717, 1.165) is 18.7 Å². The van der Waals surface area contributed by atoms with Gasteiger partial charge in [-0.3, -0.25) is 0 Å². The monoisotopic (exact) mass is 254 g/mol. The number of nitrogens with zero attached hydrogens (tertiary/aromatic N) is 1. The van der Waals surface area contributed by atoms with Crippen molar-refractivity contribution in [1.82, 2.24) is 4.31 Å². The highest BCUT2D eigenvalue weighted by Gasteiger charge is 2.16. The summed E-state index contributed by atoms with van der Waals surface area (Å²) in [5, 5.41) is 3.17. The van der Waals surface area contributed by atoms with Gasteiger partial charge in [0.15, 0.2) is 0 Å². The predicted octanol–water partition coefficient (Wildman–Crippen LogP) is 1.92. The van der Waals surface area contributed by atoms with Gasteiger partial charge in [-0.05, 0) is 30.7 Å². The molecule has 94 valence electrons. The van der Waals surface area contributed by atoms with E-state index in [1.165, 1.54) is 18.4 Å². The second kappa shape index (κ2) is 5.84. The first-order valence-corrected chi connectivity index (χ1v) is 6.80. The summed E-state index contributed by atoms with van der Waals surface area (Å²) in [6.07, 6.45) is 2.70. The molecule has 0 atom stereocenters. The number of rotatable bonds is 6. The second-order valence-electron chi connectivity index (χ2n) is 3.82. The Morgan fingerprint density at radius 2 is 1.88 bits per heavy atom. The Labute approximate surface area is 103 Å². The minimum atomic E-state index is -3.33. The van der Waals surface area contributed by atoms with E-state index >= 15 is 0 Å². The van der Waals surface area contributed by atoms with Gasteiger partial charge in [-0.25, -0.2) is 12.7 Å². The Bertz CT molecular complexity index is 464. The number of nitrogens with one attached hydrogen (secondary N) is 1. The van der Waals surface area contributed by atoms with Gasteiger partial charge in [0.05, 0.1) is 4.90 Å². The normalized spacial score (nSPS) is 11.5. The third kappa shape index (κ3) is 3.57. The Kier molecular flexibility index (Phi) is 4.72. The van der Waals surface area contributed by atoms with E-state index in [2.05, 4.69) is 11.9 Å². The van der Waals surface area contributed by atoms with Crippen LogP contribution in [0.25, 0.3) is 0 Å². The number of sulfonamides is 1. The van der Waals surface area contributed by atoms with Crippen LogP contribution in [0.2, 0.25) is 0 Å². The van der Waals surface area contributed by atoms with Gasteiger partial charge in [-0.2, -0.15) is 0 Å². The third-order valence-electron chi connectivity index (χ3n) is 2.31. The zero-order chi connectivity index (χ0) is 12.9. The fourth-order valence-corrected chi connectivity index (χ4v) is 2.18. The molecule has 1 N–H and O–H groups in total. The van der Waals surface area contributed by atoms with Crippen LogP contribution >= 0.6 is 0 Å². The highest BCUT2D eigenvalue weighted by atomic mass is 32.2. The molecule has 0 spiro atoms. The van der Waals surface area contributed by atoms with Gasteiger partial charge in [-0.15, -0.1) is 6.58 Å². The summed E-state index contributed by atoms with van der Waals surface area (Å²) in [6.45, 7) is 4.43. The van der Waals surface area contributed by atoms with Crippen molar-refractivity contribution in [1.29, 1.82) is 0 Å². The average molecular weight is 254 g/mol. The van der Waals surface area contributed by atoms with Gasteiger partial charge in [-0.1, -0.05) is 6.08 Å². The predicted molar refractivity (Wildman–Crippen MR) is 70.6 cm³/mol. The molecule has 0 radical (unpaired) electrons. The Morgan fingerprint density at radius 1 is 1.29 bits per heavy atom. The first kappa shape index (κ1) is 13.7. The van der Waals surface area contributed by atoms with Crippen molar-refractivity contribution in [2.45, 2.75) is 11.3 Å². The lowest BCUT2D eigenvalue weighted by Crippen LogP contribution is -2.22. The van der Waals surface area contributed by atoms with E-state index < -0.39 is 10.0 Å². The number of benzene rings is 1. The standard InChI is InChI=1S/C12H18N2O2S/c1-4-5-10-13-11-6-8-12(9-7-11)17(15,16)14(2)3/h4,6-9,13H,1,5,10H2,2-3H3. The Hall–Kier alpha value is -1.33. The van der Waals surface area contributed by atoms with Crippen LogP contribution in [0.4, 0.5) is 5.69 Å². The van der Waals surface area contributed by atoms with Gasteiger partial charge in [0.1, 0.15) is 0 Å². The minimum absolute atomic E-state index is 0.303. The molecule has 1 rings (SSSR count). The fourth-order valence-electron chi connectivity index (χ4n) is 1.27. The van der Waals surface area contributed by atoms with Crippen LogP contribution in [-0.2, 0) is 10.0 Å². The van der Waals surface area contributed by atoms with Gasteiger partial charge < -0.3 is 5.32 Å². The number of hydrogen-bond donors (Lipinski definition) is 1. The molecule has 1 aromatic rings. The average Bonchev–Trinajstić information content (AvgIpc) is 2.30. The Balaban J connectivity index is 2.78. The van der Waals surface area contributed by atoms with E-state index in [9.17, 15) is 8.42 Å². The molecule has 5 heteroatoms. The van der Waals surface area contributed by atoms with Crippen LogP contribution in [0.1, 0.15) is 6.42 Å². The summed E-state index contributed by atoms with van der Waals surface area (Å²) in [6, 6.07) is 6.73. The highest BCUT2D eigenvalue weighted by molar-refractivity contribution is 7.89. The van der Waals surface area contributed by atoms with Crippen LogP contribution < -0.4 is 5.32 Å². The van der Waals surface area contributed by atoms with Crippen LogP contribution in [-0.4, -0.2) is 33.4 Å². The molecule has 0 fully saturated rings. The maximum Gasteiger partial charge on any atom is 0.242 e. The zero-order valence-electron chi connectivity index (χ0n) is 10.2. The molecule has 0 aliphatic rings. The van der Waals surface area contributed by atoms with Crippen LogP contribution in [0.3, 0.4) is 0 Å². The summed E-state index contributed by atoms with van der Waals surface area (Å²) < 4.78 is 24.8. The van der Waals surface area contributed by atoms with Crippen molar-refractivity contribution in [3.05, 3.63) is 36.9 Å². The molecule has 0 unspecified atom stereocenters. The summed E-state index contributed by atoms with van der Waals surface area (Å²) in [4.78, 5) is 0.303. The second-order valence-corrected chi connectivity index (χ2v) is 5.97. The first-order valence-electron chi connectivity index (χ1n) is 5.36. The molecule has 0 amide bonds. The smallest absolute Gasteiger partial charge is 0.242 e. The van der Waals surface area contributed by atoms with E-state index in [1.807, 2.05) is 6.08 Å². The zero-order valence-corrected chi connectivity index (χ0v) is 11.0. The molecule has 0 aliphatic carbocycles. The molecule has 0 saturated carbocycles. The summed E-state index contributed by atoms with van der Waals surface area (Å²) in [5.41, 5.74) is 0.907. The maximum atomic E-state index is 11.8. The van der Waals surface area contributed by atoms with Gasteiger partial charge in [0.25, 0.3) is 0 Å². The minimum Gasteiger partial charge on any atom is -0.385 e. The largest absolute Gasteiger partial charge is 0.385 e.